The molecule has 1 atom stereocenters. The zero-order valence-electron chi connectivity index (χ0n) is 14.6. The van der Waals surface area contributed by atoms with Crippen LogP contribution in [-0.4, -0.2) is 27.1 Å². The number of nitrogens with zero attached hydrogens (tertiary/aromatic N) is 4. The second-order valence-corrected chi connectivity index (χ2v) is 6.79. The molecule has 2 aromatic heterocycles. The number of hydrogen-bond acceptors (Lipinski definition) is 5. The minimum absolute atomic E-state index is 0.0399. The van der Waals surface area contributed by atoms with Crippen LogP contribution in [0.2, 0.25) is 0 Å². The molecule has 1 saturated carbocycles. The van der Waals surface area contributed by atoms with Gasteiger partial charge in [0.05, 0.1) is 18.3 Å². The van der Waals surface area contributed by atoms with Gasteiger partial charge in [-0.2, -0.15) is 0 Å². The van der Waals surface area contributed by atoms with Crippen LogP contribution in [0.1, 0.15) is 53.4 Å². The zero-order chi connectivity index (χ0) is 17.2. The average Bonchev–Trinajstić information content (AvgIpc) is 3.38. The summed E-state index contributed by atoms with van der Waals surface area (Å²) in [5, 5.41) is 8.41. The van der Waals surface area contributed by atoms with E-state index in [2.05, 4.69) is 64.4 Å². The molecule has 0 amide bonds. The van der Waals surface area contributed by atoms with Gasteiger partial charge >= 0.3 is 0 Å². The Hall–Kier alpha value is -2.53. The molecule has 0 radical (unpaired) electrons. The van der Waals surface area contributed by atoms with Crippen molar-refractivity contribution in [1.82, 2.24) is 20.1 Å². The summed E-state index contributed by atoms with van der Waals surface area (Å²) in [7, 11) is 2.07. The topological polar surface area (TPSA) is 55.1 Å². The van der Waals surface area contributed by atoms with Gasteiger partial charge in [-0.05, 0) is 44.5 Å². The Bertz CT molecular complexity index is 824. The third-order valence-electron chi connectivity index (χ3n) is 4.60. The quantitative estimate of drug-likeness (QED) is 0.685. The second-order valence-electron chi connectivity index (χ2n) is 6.79. The molecule has 128 valence electrons. The van der Waals surface area contributed by atoms with E-state index in [-0.39, 0.29) is 6.04 Å². The van der Waals surface area contributed by atoms with Crippen molar-refractivity contribution in [1.29, 1.82) is 0 Å². The SMILES string of the molecule is Cc1ccc([C@H](c2ccccn2)N(C)Cc2nnc(C3CC3)o2)cc1. The normalized spacial score (nSPS) is 15.5. The lowest BCUT2D eigenvalue weighted by molar-refractivity contribution is 0.236. The second kappa shape index (κ2) is 6.76. The van der Waals surface area contributed by atoms with Crippen LogP contribution in [0.25, 0.3) is 0 Å². The fourth-order valence-corrected chi connectivity index (χ4v) is 3.07. The molecule has 1 aromatic carbocycles. The molecule has 0 aliphatic heterocycles. The number of hydrogen-bond donors (Lipinski definition) is 0. The van der Waals surface area contributed by atoms with Crippen LogP contribution >= 0.6 is 0 Å². The first-order valence-corrected chi connectivity index (χ1v) is 8.71. The van der Waals surface area contributed by atoms with Gasteiger partial charge < -0.3 is 4.42 Å². The Labute approximate surface area is 147 Å². The van der Waals surface area contributed by atoms with E-state index >= 15 is 0 Å². The highest BCUT2D eigenvalue weighted by molar-refractivity contribution is 5.30. The molecule has 3 aromatic rings. The highest BCUT2D eigenvalue weighted by Gasteiger charge is 2.30. The van der Waals surface area contributed by atoms with E-state index in [4.69, 9.17) is 4.42 Å². The molecular formula is C20H22N4O. The van der Waals surface area contributed by atoms with Crippen molar-refractivity contribution in [3.8, 4) is 0 Å². The van der Waals surface area contributed by atoms with E-state index in [1.54, 1.807) is 0 Å². The van der Waals surface area contributed by atoms with Gasteiger partial charge in [-0.1, -0.05) is 35.9 Å². The van der Waals surface area contributed by atoms with Gasteiger partial charge in [0.25, 0.3) is 0 Å². The molecule has 1 aliphatic carbocycles. The predicted molar refractivity (Wildman–Crippen MR) is 95.0 cm³/mol. The molecule has 1 aliphatic rings. The number of benzene rings is 1. The Balaban J connectivity index is 1.60. The minimum Gasteiger partial charge on any atom is -0.424 e. The largest absolute Gasteiger partial charge is 0.424 e. The summed E-state index contributed by atoms with van der Waals surface area (Å²) in [4.78, 5) is 6.78. The van der Waals surface area contributed by atoms with Gasteiger partial charge in [0, 0.05) is 12.1 Å². The Morgan fingerprint density at radius 2 is 1.92 bits per heavy atom. The lowest BCUT2D eigenvalue weighted by atomic mass is 10.0. The number of aryl methyl sites for hydroxylation is 1. The van der Waals surface area contributed by atoms with Gasteiger partial charge in [-0.15, -0.1) is 10.2 Å². The fourth-order valence-electron chi connectivity index (χ4n) is 3.07. The van der Waals surface area contributed by atoms with E-state index < -0.39 is 0 Å². The number of aromatic nitrogens is 3. The Morgan fingerprint density at radius 1 is 1.12 bits per heavy atom. The molecule has 0 spiro atoms. The first kappa shape index (κ1) is 16.0. The molecule has 0 unspecified atom stereocenters. The average molecular weight is 334 g/mol. The fraction of sp³-hybridized carbons (Fsp3) is 0.350. The van der Waals surface area contributed by atoms with E-state index in [1.165, 1.54) is 11.1 Å². The molecule has 5 heteroatoms. The van der Waals surface area contributed by atoms with Crippen LogP contribution in [0, 0.1) is 6.92 Å². The summed E-state index contributed by atoms with van der Waals surface area (Å²) in [6.07, 6.45) is 4.16. The van der Waals surface area contributed by atoms with Crippen LogP contribution in [0.15, 0.2) is 53.1 Å². The maximum absolute atomic E-state index is 5.83. The maximum Gasteiger partial charge on any atom is 0.230 e. The van der Waals surface area contributed by atoms with Gasteiger partial charge in [-0.25, -0.2) is 0 Å². The molecular weight excluding hydrogens is 312 g/mol. The van der Waals surface area contributed by atoms with Crippen LogP contribution < -0.4 is 0 Å². The molecule has 25 heavy (non-hydrogen) atoms. The van der Waals surface area contributed by atoms with E-state index in [0.717, 1.165) is 24.4 Å². The maximum atomic E-state index is 5.83. The third kappa shape index (κ3) is 3.61. The van der Waals surface area contributed by atoms with Crippen LogP contribution in [0.4, 0.5) is 0 Å². The summed E-state index contributed by atoms with van der Waals surface area (Å²) < 4.78 is 5.83. The van der Waals surface area contributed by atoms with Gasteiger partial charge in [0.2, 0.25) is 11.8 Å². The number of rotatable bonds is 6. The summed E-state index contributed by atoms with van der Waals surface area (Å²) in [5.41, 5.74) is 3.46. The first-order valence-electron chi connectivity index (χ1n) is 8.71. The Kier molecular flexibility index (Phi) is 4.32. The monoisotopic (exact) mass is 334 g/mol. The zero-order valence-corrected chi connectivity index (χ0v) is 14.6. The molecule has 0 N–H and O–H groups in total. The highest BCUT2D eigenvalue weighted by atomic mass is 16.4. The molecule has 2 heterocycles. The van der Waals surface area contributed by atoms with Crippen molar-refractivity contribution in [2.75, 3.05) is 7.05 Å². The lowest BCUT2D eigenvalue weighted by Crippen LogP contribution is -2.26. The van der Waals surface area contributed by atoms with Crippen molar-refractivity contribution in [3.63, 3.8) is 0 Å². The summed E-state index contributed by atoms with van der Waals surface area (Å²) in [6.45, 7) is 2.69. The smallest absolute Gasteiger partial charge is 0.230 e. The highest BCUT2D eigenvalue weighted by Crippen LogP contribution is 2.39. The van der Waals surface area contributed by atoms with E-state index in [9.17, 15) is 0 Å². The van der Waals surface area contributed by atoms with Crippen LogP contribution in [-0.2, 0) is 6.54 Å². The standard InChI is InChI=1S/C20H22N4O/c1-14-6-8-15(9-7-14)19(17-5-3-4-12-21-17)24(2)13-18-22-23-20(25-18)16-10-11-16/h3-9,12,16,19H,10-11,13H2,1-2H3/t19-/m1/s1. The lowest BCUT2D eigenvalue weighted by Gasteiger charge is -2.27. The summed E-state index contributed by atoms with van der Waals surface area (Å²) >= 11 is 0. The molecule has 0 saturated heterocycles. The van der Waals surface area contributed by atoms with Crippen molar-refractivity contribution in [3.05, 3.63) is 77.3 Å². The Morgan fingerprint density at radius 3 is 2.60 bits per heavy atom. The molecule has 5 nitrogen and oxygen atoms in total. The van der Waals surface area contributed by atoms with Crippen molar-refractivity contribution < 1.29 is 4.42 Å². The predicted octanol–water partition coefficient (Wildman–Crippen LogP) is 3.87. The summed E-state index contributed by atoms with van der Waals surface area (Å²) in [5.74, 6) is 1.93. The summed E-state index contributed by atoms with van der Waals surface area (Å²) in [6, 6.07) is 14.7. The molecule has 1 fully saturated rings. The van der Waals surface area contributed by atoms with Gasteiger partial charge in [0.1, 0.15) is 0 Å². The van der Waals surface area contributed by atoms with E-state index in [1.807, 2.05) is 18.3 Å². The van der Waals surface area contributed by atoms with Gasteiger partial charge in [-0.3, -0.25) is 9.88 Å². The third-order valence-corrected chi connectivity index (χ3v) is 4.60. The van der Waals surface area contributed by atoms with Gasteiger partial charge in [0.15, 0.2) is 0 Å². The van der Waals surface area contributed by atoms with Crippen molar-refractivity contribution >= 4 is 0 Å². The van der Waals surface area contributed by atoms with E-state index in [0.29, 0.717) is 18.4 Å². The number of pyridine rings is 1. The van der Waals surface area contributed by atoms with Crippen molar-refractivity contribution in [2.45, 2.75) is 38.3 Å². The van der Waals surface area contributed by atoms with Crippen LogP contribution in [0.3, 0.4) is 0 Å². The minimum atomic E-state index is 0.0399. The van der Waals surface area contributed by atoms with Crippen LogP contribution in [0.5, 0.6) is 0 Å². The van der Waals surface area contributed by atoms with Crippen molar-refractivity contribution in [2.24, 2.45) is 0 Å². The molecule has 0 bridgehead atoms. The first-order chi connectivity index (χ1) is 12.2. The molecule has 4 rings (SSSR count).